The van der Waals surface area contributed by atoms with Crippen molar-refractivity contribution >= 4 is 10.0 Å². The van der Waals surface area contributed by atoms with Gasteiger partial charge in [-0.1, -0.05) is 6.42 Å². The van der Waals surface area contributed by atoms with Gasteiger partial charge in [0.15, 0.2) is 0 Å². The van der Waals surface area contributed by atoms with Gasteiger partial charge in [0.05, 0.1) is 18.0 Å². The molecule has 0 bridgehead atoms. The molecule has 7 heteroatoms. The smallest absolute Gasteiger partial charge is 0.212 e. The Morgan fingerprint density at radius 2 is 2.37 bits per heavy atom. The first-order chi connectivity index (χ1) is 9.07. The Hall–Kier alpha value is -0.920. The van der Waals surface area contributed by atoms with Gasteiger partial charge in [-0.15, -0.1) is 0 Å². The highest BCUT2D eigenvalue weighted by molar-refractivity contribution is 7.89. The molecule has 0 amide bonds. The van der Waals surface area contributed by atoms with Crippen LogP contribution in [0.1, 0.15) is 31.4 Å². The highest BCUT2D eigenvalue weighted by Gasteiger charge is 2.17. The number of aryl methyl sites for hydroxylation is 1. The zero-order valence-corrected chi connectivity index (χ0v) is 12.1. The van der Waals surface area contributed by atoms with Gasteiger partial charge in [0.1, 0.15) is 0 Å². The van der Waals surface area contributed by atoms with Crippen LogP contribution in [-0.2, 0) is 23.6 Å². The summed E-state index contributed by atoms with van der Waals surface area (Å²) in [6.45, 7) is 1.31. The zero-order valence-electron chi connectivity index (χ0n) is 11.3. The Bertz CT molecular complexity index is 492. The molecular formula is C12H22N4O2S. The van der Waals surface area contributed by atoms with Crippen LogP contribution in [0.2, 0.25) is 0 Å². The Labute approximate surface area is 114 Å². The van der Waals surface area contributed by atoms with E-state index in [-0.39, 0.29) is 5.75 Å². The minimum Gasteiger partial charge on any atom is -0.314 e. The lowest BCUT2D eigenvalue weighted by Gasteiger charge is -2.23. The fourth-order valence-electron chi connectivity index (χ4n) is 2.30. The topological polar surface area (TPSA) is 76.0 Å². The van der Waals surface area contributed by atoms with Crippen LogP contribution in [0.3, 0.4) is 0 Å². The summed E-state index contributed by atoms with van der Waals surface area (Å²) in [7, 11) is -1.40. The van der Waals surface area contributed by atoms with Crippen molar-refractivity contribution in [1.29, 1.82) is 0 Å². The van der Waals surface area contributed by atoms with E-state index in [0.29, 0.717) is 19.0 Å². The minimum atomic E-state index is -3.20. The molecule has 1 unspecified atom stereocenters. The molecule has 1 aliphatic rings. The maximum absolute atomic E-state index is 11.9. The Morgan fingerprint density at radius 1 is 1.53 bits per heavy atom. The van der Waals surface area contributed by atoms with E-state index in [4.69, 9.17) is 0 Å². The van der Waals surface area contributed by atoms with E-state index >= 15 is 0 Å². The van der Waals surface area contributed by atoms with Gasteiger partial charge in [-0.25, -0.2) is 13.1 Å². The molecule has 6 nitrogen and oxygen atoms in total. The van der Waals surface area contributed by atoms with E-state index in [9.17, 15) is 8.42 Å². The number of aromatic nitrogens is 2. The lowest BCUT2D eigenvalue weighted by atomic mass is 10.0. The largest absolute Gasteiger partial charge is 0.314 e. The van der Waals surface area contributed by atoms with Crippen LogP contribution in [0.25, 0.3) is 0 Å². The Morgan fingerprint density at radius 3 is 3.00 bits per heavy atom. The first-order valence-corrected chi connectivity index (χ1v) is 8.40. The first kappa shape index (κ1) is 14.5. The normalized spacial score (nSPS) is 20.6. The van der Waals surface area contributed by atoms with Crippen molar-refractivity contribution in [2.24, 2.45) is 7.05 Å². The van der Waals surface area contributed by atoms with Crippen LogP contribution in [0, 0.1) is 0 Å². The molecule has 108 valence electrons. The number of rotatable bonds is 6. The highest BCUT2D eigenvalue weighted by Crippen LogP contribution is 2.10. The van der Waals surface area contributed by atoms with Gasteiger partial charge in [-0.3, -0.25) is 4.68 Å². The first-order valence-electron chi connectivity index (χ1n) is 6.74. The van der Waals surface area contributed by atoms with Gasteiger partial charge < -0.3 is 5.32 Å². The summed E-state index contributed by atoms with van der Waals surface area (Å²) < 4.78 is 28.1. The predicted octanol–water partition coefficient (Wildman–Crippen LogP) is 0.372. The van der Waals surface area contributed by atoms with Crippen LogP contribution in [0.15, 0.2) is 12.3 Å². The summed E-state index contributed by atoms with van der Waals surface area (Å²) in [4.78, 5) is 0. The number of hydrogen-bond acceptors (Lipinski definition) is 4. The average Bonchev–Trinajstić information content (AvgIpc) is 2.81. The molecule has 19 heavy (non-hydrogen) atoms. The van der Waals surface area contributed by atoms with Crippen molar-refractivity contribution in [3.63, 3.8) is 0 Å². The lowest BCUT2D eigenvalue weighted by molar-refractivity contribution is 0.392. The van der Waals surface area contributed by atoms with Crippen molar-refractivity contribution in [2.45, 2.75) is 38.3 Å². The van der Waals surface area contributed by atoms with Gasteiger partial charge in [0.2, 0.25) is 10.0 Å². The fourth-order valence-corrected chi connectivity index (χ4v) is 3.41. The third-order valence-electron chi connectivity index (χ3n) is 3.54. The molecule has 1 fully saturated rings. The summed E-state index contributed by atoms with van der Waals surface area (Å²) in [6.07, 6.45) is 5.82. The van der Waals surface area contributed by atoms with Crippen LogP contribution in [-0.4, -0.2) is 36.5 Å². The van der Waals surface area contributed by atoms with Crippen molar-refractivity contribution in [1.82, 2.24) is 19.8 Å². The van der Waals surface area contributed by atoms with Gasteiger partial charge in [0, 0.05) is 19.3 Å². The van der Waals surface area contributed by atoms with Gasteiger partial charge >= 0.3 is 0 Å². The monoisotopic (exact) mass is 286 g/mol. The molecule has 2 N–H and O–H groups in total. The van der Waals surface area contributed by atoms with Gasteiger partial charge in [-0.05, 0) is 31.9 Å². The molecule has 1 saturated heterocycles. The van der Waals surface area contributed by atoms with Crippen molar-refractivity contribution < 1.29 is 8.42 Å². The average molecular weight is 286 g/mol. The zero-order chi connectivity index (χ0) is 13.7. The second-order valence-electron chi connectivity index (χ2n) is 5.02. The van der Waals surface area contributed by atoms with Crippen molar-refractivity contribution in [3.8, 4) is 0 Å². The summed E-state index contributed by atoms with van der Waals surface area (Å²) in [5.74, 6) is 0.183. The lowest BCUT2D eigenvalue weighted by Crippen LogP contribution is -2.37. The van der Waals surface area contributed by atoms with Crippen LogP contribution in [0.4, 0.5) is 0 Å². The second kappa shape index (κ2) is 6.49. The SMILES string of the molecule is Cn1nccc1CNS(=O)(=O)CCC1CCCCN1. The molecule has 0 saturated carbocycles. The summed E-state index contributed by atoms with van der Waals surface area (Å²) >= 11 is 0. The number of sulfonamides is 1. The Kier molecular flexibility index (Phi) is 4.95. The second-order valence-corrected chi connectivity index (χ2v) is 6.95. The number of nitrogens with one attached hydrogen (secondary N) is 2. The Balaban J connectivity index is 1.76. The van der Waals surface area contributed by atoms with E-state index < -0.39 is 10.0 Å². The van der Waals surface area contributed by atoms with Crippen LogP contribution in [0.5, 0.6) is 0 Å². The molecule has 0 aliphatic carbocycles. The molecule has 1 atom stereocenters. The summed E-state index contributed by atoms with van der Waals surface area (Å²) in [6, 6.07) is 2.16. The molecule has 1 aromatic rings. The molecular weight excluding hydrogens is 264 g/mol. The highest BCUT2D eigenvalue weighted by atomic mass is 32.2. The van der Waals surface area contributed by atoms with E-state index in [0.717, 1.165) is 18.7 Å². The molecule has 1 aliphatic heterocycles. The van der Waals surface area contributed by atoms with E-state index in [1.165, 1.54) is 12.8 Å². The fraction of sp³-hybridized carbons (Fsp3) is 0.750. The van der Waals surface area contributed by atoms with Gasteiger partial charge in [0.25, 0.3) is 0 Å². The van der Waals surface area contributed by atoms with Crippen molar-refractivity contribution in [3.05, 3.63) is 18.0 Å². The van der Waals surface area contributed by atoms with Crippen LogP contribution < -0.4 is 10.0 Å². The van der Waals surface area contributed by atoms with E-state index in [1.807, 2.05) is 6.07 Å². The molecule has 0 aromatic carbocycles. The third-order valence-corrected chi connectivity index (χ3v) is 4.90. The summed E-state index contributed by atoms with van der Waals surface area (Å²) in [5, 5.41) is 7.37. The van der Waals surface area contributed by atoms with Gasteiger partial charge in [-0.2, -0.15) is 5.10 Å². The van der Waals surface area contributed by atoms with E-state index in [2.05, 4.69) is 15.1 Å². The quantitative estimate of drug-likeness (QED) is 0.792. The molecule has 2 heterocycles. The number of nitrogens with zero attached hydrogens (tertiary/aromatic N) is 2. The molecule has 1 aromatic heterocycles. The summed E-state index contributed by atoms with van der Waals surface area (Å²) in [5.41, 5.74) is 0.861. The van der Waals surface area contributed by atoms with E-state index in [1.54, 1.807) is 17.9 Å². The molecule has 0 spiro atoms. The minimum absolute atomic E-state index is 0.183. The maximum atomic E-state index is 11.9. The van der Waals surface area contributed by atoms with Crippen LogP contribution >= 0.6 is 0 Å². The number of piperidine rings is 1. The molecule has 0 radical (unpaired) electrons. The van der Waals surface area contributed by atoms with Crippen molar-refractivity contribution in [2.75, 3.05) is 12.3 Å². The maximum Gasteiger partial charge on any atom is 0.212 e. The standard InChI is InChI=1S/C12H22N4O2S/c1-16-12(5-8-14-16)10-15-19(17,18)9-6-11-4-2-3-7-13-11/h5,8,11,13,15H,2-4,6-7,9-10H2,1H3. The molecule has 2 rings (SSSR count). The predicted molar refractivity (Wildman–Crippen MR) is 74.1 cm³/mol. The number of hydrogen-bond donors (Lipinski definition) is 2. The third kappa shape index (κ3) is 4.59.